The highest BCUT2D eigenvalue weighted by atomic mass is 14.6. The summed E-state index contributed by atoms with van der Waals surface area (Å²) in [6.07, 6.45) is 0. The number of hydrogen-bond donors (Lipinski definition) is 2. The SMILES string of the molecule is Cc1cc2c(-c3ccccc3)c3cc(N)ccc3c(-c3ccccc3)c2cc1N. The maximum absolute atomic E-state index is 6.37. The van der Waals surface area contributed by atoms with Crippen LogP contribution in [0.4, 0.5) is 11.4 Å². The van der Waals surface area contributed by atoms with E-state index in [2.05, 4.69) is 79.7 Å². The third-order valence-electron chi connectivity index (χ3n) is 5.65. The number of hydrogen-bond acceptors (Lipinski definition) is 2. The highest BCUT2D eigenvalue weighted by Crippen LogP contribution is 2.45. The van der Waals surface area contributed by atoms with E-state index in [1.165, 1.54) is 33.0 Å². The molecular formula is C27H22N2. The van der Waals surface area contributed by atoms with Crippen molar-refractivity contribution >= 4 is 32.9 Å². The lowest BCUT2D eigenvalue weighted by molar-refractivity contribution is 1.50. The Bertz CT molecular complexity index is 1350. The molecule has 2 nitrogen and oxygen atoms in total. The van der Waals surface area contributed by atoms with Gasteiger partial charge in [0.1, 0.15) is 0 Å². The Balaban J connectivity index is 2.07. The second kappa shape index (κ2) is 6.68. The number of rotatable bonds is 2. The van der Waals surface area contributed by atoms with E-state index in [0.717, 1.165) is 27.7 Å². The third-order valence-corrected chi connectivity index (χ3v) is 5.65. The first-order valence-electron chi connectivity index (χ1n) is 9.79. The lowest BCUT2D eigenvalue weighted by Gasteiger charge is -2.19. The van der Waals surface area contributed by atoms with Crippen molar-refractivity contribution in [3.63, 3.8) is 0 Å². The number of fused-ring (bicyclic) bond motifs is 2. The Morgan fingerprint density at radius 1 is 0.517 bits per heavy atom. The van der Waals surface area contributed by atoms with Gasteiger partial charge in [-0.25, -0.2) is 0 Å². The van der Waals surface area contributed by atoms with Crippen molar-refractivity contribution in [3.05, 3.63) is 96.6 Å². The van der Waals surface area contributed by atoms with Crippen LogP contribution in [0.15, 0.2) is 91.0 Å². The second-order valence-electron chi connectivity index (χ2n) is 7.54. The quantitative estimate of drug-likeness (QED) is 0.264. The number of aryl methyl sites for hydroxylation is 1. The molecule has 5 aromatic rings. The van der Waals surface area contributed by atoms with Crippen LogP contribution in [0.25, 0.3) is 43.8 Å². The Morgan fingerprint density at radius 2 is 1.03 bits per heavy atom. The van der Waals surface area contributed by atoms with Crippen LogP contribution in [0.1, 0.15) is 5.56 Å². The van der Waals surface area contributed by atoms with Gasteiger partial charge in [0.05, 0.1) is 0 Å². The van der Waals surface area contributed by atoms with Crippen LogP contribution in [0.3, 0.4) is 0 Å². The molecule has 2 heteroatoms. The molecule has 0 bridgehead atoms. The van der Waals surface area contributed by atoms with Gasteiger partial charge < -0.3 is 11.5 Å². The molecule has 4 N–H and O–H groups in total. The van der Waals surface area contributed by atoms with Gasteiger partial charge in [0.25, 0.3) is 0 Å². The molecular weight excluding hydrogens is 352 g/mol. The zero-order valence-corrected chi connectivity index (χ0v) is 16.3. The molecule has 0 aliphatic heterocycles. The molecule has 29 heavy (non-hydrogen) atoms. The molecule has 0 heterocycles. The molecule has 140 valence electrons. The monoisotopic (exact) mass is 374 g/mol. The normalized spacial score (nSPS) is 11.2. The Morgan fingerprint density at radius 3 is 1.66 bits per heavy atom. The van der Waals surface area contributed by atoms with Crippen molar-refractivity contribution in [1.29, 1.82) is 0 Å². The largest absolute Gasteiger partial charge is 0.399 e. The molecule has 5 rings (SSSR count). The minimum Gasteiger partial charge on any atom is -0.399 e. The van der Waals surface area contributed by atoms with Crippen molar-refractivity contribution in [2.45, 2.75) is 6.92 Å². The van der Waals surface area contributed by atoms with E-state index in [9.17, 15) is 0 Å². The van der Waals surface area contributed by atoms with Gasteiger partial charge in [-0.05, 0) is 80.6 Å². The first-order chi connectivity index (χ1) is 14.1. The lowest BCUT2D eigenvalue weighted by atomic mass is 9.85. The van der Waals surface area contributed by atoms with Crippen molar-refractivity contribution in [2.75, 3.05) is 11.5 Å². The minimum absolute atomic E-state index is 0.764. The summed E-state index contributed by atoms with van der Waals surface area (Å²) >= 11 is 0. The van der Waals surface area contributed by atoms with E-state index in [-0.39, 0.29) is 0 Å². The summed E-state index contributed by atoms with van der Waals surface area (Å²) in [6, 6.07) is 31.6. The molecule has 0 atom stereocenters. The molecule has 0 aromatic heterocycles. The molecule has 0 aliphatic rings. The fraction of sp³-hybridized carbons (Fsp3) is 0.0370. The number of benzene rings is 5. The standard InChI is InChI=1S/C27H22N2/c1-17-14-22-24(16-25(17)29)26(18-8-4-2-5-9-18)21-13-12-20(28)15-23(21)27(22)19-10-6-3-7-11-19/h2-16H,28-29H2,1H3. The molecule has 0 saturated heterocycles. The Kier molecular flexibility index (Phi) is 3.99. The van der Waals surface area contributed by atoms with Crippen LogP contribution < -0.4 is 11.5 Å². The predicted molar refractivity (Wildman–Crippen MR) is 126 cm³/mol. The van der Waals surface area contributed by atoms with Gasteiger partial charge >= 0.3 is 0 Å². The summed E-state index contributed by atoms with van der Waals surface area (Å²) in [5.41, 5.74) is 20.0. The van der Waals surface area contributed by atoms with Gasteiger partial charge in [-0.3, -0.25) is 0 Å². The van der Waals surface area contributed by atoms with Gasteiger partial charge in [0, 0.05) is 11.4 Å². The maximum Gasteiger partial charge on any atom is 0.0350 e. The van der Waals surface area contributed by atoms with Gasteiger partial charge in [-0.15, -0.1) is 0 Å². The average molecular weight is 374 g/mol. The third kappa shape index (κ3) is 2.81. The average Bonchev–Trinajstić information content (AvgIpc) is 2.74. The van der Waals surface area contributed by atoms with Crippen molar-refractivity contribution in [1.82, 2.24) is 0 Å². The maximum atomic E-state index is 6.37. The van der Waals surface area contributed by atoms with Crippen molar-refractivity contribution in [3.8, 4) is 22.3 Å². The molecule has 0 unspecified atom stereocenters. The van der Waals surface area contributed by atoms with Crippen LogP contribution in [-0.4, -0.2) is 0 Å². The highest BCUT2D eigenvalue weighted by Gasteiger charge is 2.17. The molecule has 0 amide bonds. The molecule has 0 radical (unpaired) electrons. The van der Waals surface area contributed by atoms with Gasteiger partial charge in [-0.1, -0.05) is 66.7 Å². The summed E-state index contributed by atoms with van der Waals surface area (Å²) in [6.45, 7) is 2.06. The molecule has 0 fully saturated rings. The van der Waals surface area contributed by atoms with Crippen LogP contribution >= 0.6 is 0 Å². The van der Waals surface area contributed by atoms with Gasteiger partial charge in [0.15, 0.2) is 0 Å². The summed E-state index contributed by atoms with van der Waals surface area (Å²) in [5.74, 6) is 0. The molecule has 5 aromatic carbocycles. The number of nitrogen functional groups attached to an aromatic ring is 2. The topological polar surface area (TPSA) is 52.0 Å². The first kappa shape index (κ1) is 17.3. The highest BCUT2D eigenvalue weighted by molar-refractivity contribution is 6.22. The molecule has 0 aliphatic carbocycles. The van der Waals surface area contributed by atoms with Crippen LogP contribution in [0, 0.1) is 6.92 Å². The van der Waals surface area contributed by atoms with E-state index in [1.54, 1.807) is 0 Å². The predicted octanol–water partition coefficient (Wildman–Crippen LogP) is 6.80. The smallest absolute Gasteiger partial charge is 0.0350 e. The number of nitrogens with two attached hydrogens (primary N) is 2. The van der Waals surface area contributed by atoms with Gasteiger partial charge in [0.2, 0.25) is 0 Å². The zero-order valence-electron chi connectivity index (χ0n) is 16.3. The fourth-order valence-corrected chi connectivity index (χ4v) is 4.25. The fourth-order valence-electron chi connectivity index (χ4n) is 4.25. The second-order valence-corrected chi connectivity index (χ2v) is 7.54. The molecule has 0 spiro atoms. The van der Waals surface area contributed by atoms with Crippen LogP contribution in [0.5, 0.6) is 0 Å². The van der Waals surface area contributed by atoms with E-state index in [0.29, 0.717) is 0 Å². The van der Waals surface area contributed by atoms with Crippen molar-refractivity contribution in [2.24, 2.45) is 0 Å². The number of anilines is 2. The van der Waals surface area contributed by atoms with Crippen molar-refractivity contribution < 1.29 is 0 Å². The summed E-state index contributed by atoms with van der Waals surface area (Å²) in [5, 5.41) is 4.70. The minimum atomic E-state index is 0.764. The first-order valence-corrected chi connectivity index (χ1v) is 9.79. The van der Waals surface area contributed by atoms with E-state index in [4.69, 9.17) is 11.5 Å². The van der Waals surface area contributed by atoms with Crippen LogP contribution in [-0.2, 0) is 0 Å². The van der Waals surface area contributed by atoms with Gasteiger partial charge in [-0.2, -0.15) is 0 Å². The van der Waals surface area contributed by atoms with E-state index >= 15 is 0 Å². The lowest BCUT2D eigenvalue weighted by Crippen LogP contribution is -1.96. The Labute approximate surface area is 170 Å². The van der Waals surface area contributed by atoms with E-state index in [1.807, 2.05) is 18.2 Å². The summed E-state index contributed by atoms with van der Waals surface area (Å²) in [4.78, 5) is 0. The van der Waals surface area contributed by atoms with E-state index < -0.39 is 0 Å². The molecule has 0 saturated carbocycles. The summed E-state index contributed by atoms with van der Waals surface area (Å²) in [7, 11) is 0. The zero-order chi connectivity index (χ0) is 20.0. The summed E-state index contributed by atoms with van der Waals surface area (Å²) < 4.78 is 0. The van der Waals surface area contributed by atoms with Crippen LogP contribution in [0.2, 0.25) is 0 Å². The Hall–Kier alpha value is -3.78.